The number of aliphatic hydroxyl groups is 3. The summed E-state index contributed by atoms with van der Waals surface area (Å²) in [4.78, 5) is 50.9. The molecular formula is C23H28O11. The summed E-state index contributed by atoms with van der Waals surface area (Å²) in [5, 5.41) is 34.0. The number of hydrogen-bond acceptors (Lipinski definition) is 11. The molecule has 5 rings (SSSR count). The zero-order valence-electron chi connectivity index (χ0n) is 19.2. The number of hydrogen-bond donors (Lipinski definition) is 3. The maximum atomic E-state index is 13.1. The van der Waals surface area contributed by atoms with Crippen molar-refractivity contribution in [3.05, 3.63) is 11.6 Å². The molecule has 0 aromatic rings. The molecule has 2 bridgehead atoms. The molecule has 0 amide bonds. The van der Waals surface area contributed by atoms with E-state index in [1.807, 2.05) is 0 Å². The lowest BCUT2D eigenvalue weighted by Crippen LogP contribution is -2.80. The summed E-state index contributed by atoms with van der Waals surface area (Å²) < 4.78 is 22.0. The lowest BCUT2D eigenvalue weighted by atomic mass is 9.38. The van der Waals surface area contributed by atoms with Crippen molar-refractivity contribution in [2.45, 2.75) is 63.3 Å². The Morgan fingerprint density at radius 2 is 1.85 bits per heavy atom. The number of allylic oxidation sites excluding steroid dienone is 1. The van der Waals surface area contributed by atoms with Crippen molar-refractivity contribution in [3.8, 4) is 0 Å². The number of carbonyl (C=O) groups excluding carboxylic acids is 4. The summed E-state index contributed by atoms with van der Waals surface area (Å²) in [6.07, 6.45) is -6.10. The van der Waals surface area contributed by atoms with Crippen LogP contribution < -0.4 is 0 Å². The Kier molecular flexibility index (Phi) is 4.88. The first-order valence-electron chi connectivity index (χ1n) is 11.2. The highest BCUT2D eigenvalue weighted by Crippen LogP contribution is 2.72. The van der Waals surface area contributed by atoms with Gasteiger partial charge in [0.15, 0.2) is 5.78 Å². The Labute approximate surface area is 195 Å². The van der Waals surface area contributed by atoms with E-state index in [1.165, 1.54) is 6.08 Å². The van der Waals surface area contributed by atoms with Crippen LogP contribution in [0.1, 0.15) is 27.2 Å². The molecule has 0 radical (unpaired) electrons. The Bertz CT molecular complexity index is 1020. The fourth-order valence-corrected chi connectivity index (χ4v) is 7.99. The van der Waals surface area contributed by atoms with Crippen molar-refractivity contribution in [2.24, 2.45) is 28.6 Å². The van der Waals surface area contributed by atoms with Crippen LogP contribution in [0.15, 0.2) is 11.6 Å². The number of ketones is 1. The molecule has 2 saturated carbocycles. The molecule has 2 saturated heterocycles. The Balaban J connectivity index is 1.80. The van der Waals surface area contributed by atoms with E-state index in [4.69, 9.17) is 18.9 Å². The van der Waals surface area contributed by atoms with Crippen LogP contribution in [0.4, 0.5) is 0 Å². The largest absolute Gasteiger partial charge is 0.467 e. The van der Waals surface area contributed by atoms with Crippen LogP contribution in [0.3, 0.4) is 0 Å². The van der Waals surface area contributed by atoms with E-state index in [0.29, 0.717) is 5.57 Å². The van der Waals surface area contributed by atoms with Gasteiger partial charge in [0.1, 0.15) is 18.3 Å². The van der Waals surface area contributed by atoms with Gasteiger partial charge in [-0.2, -0.15) is 0 Å². The maximum Gasteiger partial charge on any atom is 0.348 e. The highest BCUT2D eigenvalue weighted by Gasteiger charge is 2.85. The molecular weight excluding hydrogens is 452 g/mol. The van der Waals surface area contributed by atoms with Crippen LogP contribution in [0.5, 0.6) is 0 Å². The highest BCUT2D eigenvalue weighted by molar-refractivity contribution is 5.96. The van der Waals surface area contributed by atoms with Crippen LogP contribution in [0, 0.1) is 28.6 Å². The van der Waals surface area contributed by atoms with Gasteiger partial charge in [-0.05, 0) is 25.3 Å². The molecule has 11 nitrogen and oxygen atoms in total. The molecule has 2 heterocycles. The van der Waals surface area contributed by atoms with Crippen molar-refractivity contribution in [1.29, 1.82) is 0 Å². The molecule has 11 atom stereocenters. The summed E-state index contributed by atoms with van der Waals surface area (Å²) in [5.74, 6) is -6.12. The van der Waals surface area contributed by atoms with Crippen molar-refractivity contribution in [2.75, 3.05) is 13.7 Å². The number of rotatable bonds is 2. The molecule has 11 heteroatoms. The quantitative estimate of drug-likeness (QED) is 0.316. The fourth-order valence-electron chi connectivity index (χ4n) is 7.99. The number of fused-ring (bicyclic) bond motifs is 2. The molecule has 2 aliphatic heterocycles. The molecule has 0 aromatic carbocycles. The summed E-state index contributed by atoms with van der Waals surface area (Å²) >= 11 is 0. The van der Waals surface area contributed by atoms with Crippen LogP contribution in [0.25, 0.3) is 0 Å². The molecule has 5 aliphatic rings. The Hall–Kier alpha value is -2.34. The smallest absolute Gasteiger partial charge is 0.348 e. The molecule has 4 fully saturated rings. The second kappa shape index (κ2) is 7.09. The van der Waals surface area contributed by atoms with Crippen LogP contribution >= 0.6 is 0 Å². The zero-order valence-corrected chi connectivity index (χ0v) is 19.2. The topological polar surface area (TPSA) is 166 Å². The number of ether oxygens (including phenoxy) is 4. The third-order valence-electron chi connectivity index (χ3n) is 9.12. The molecule has 1 unspecified atom stereocenters. The number of carbonyl (C=O) groups is 4. The average molecular weight is 480 g/mol. The third-order valence-corrected chi connectivity index (χ3v) is 9.12. The molecule has 34 heavy (non-hydrogen) atoms. The lowest BCUT2D eigenvalue weighted by Gasteiger charge is -2.67. The zero-order chi connectivity index (χ0) is 25.0. The molecule has 1 spiro atoms. The molecule has 3 aliphatic carbocycles. The van der Waals surface area contributed by atoms with Crippen LogP contribution in [-0.4, -0.2) is 88.8 Å². The number of aliphatic hydroxyl groups excluding tert-OH is 3. The van der Waals surface area contributed by atoms with Gasteiger partial charge in [0, 0.05) is 23.7 Å². The van der Waals surface area contributed by atoms with Gasteiger partial charge in [0.05, 0.1) is 25.7 Å². The first-order chi connectivity index (χ1) is 15.9. The number of esters is 3. The van der Waals surface area contributed by atoms with Gasteiger partial charge in [-0.15, -0.1) is 0 Å². The summed E-state index contributed by atoms with van der Waals surface area (Å²) in [5.41, 5.74) is -4.23. The minimum atomic E-state index is -2.22. The van der Waals surface area contributed by atoms with Crippen LogP contribution in [0.2, 0.25) is 0 Å². The minimum Gasteiger partial charge on any atom is -0.467 e. The highest BCUT2D eigenvalue weighted by atomic mass is 16.6. The predicted octanol–water partition coefficient (Wildman–Crippen LogP) is -1.34. The van der Waals surface area contributed by atoms with E-state index < -0.39 is 88.4 Å². The van der Waals surface area contributed by atoms with E-state index >= 15 is 0 Å². The Morgan fingerprint density at radius 3 is 2.47 bits per heavy atom. The van der Waals surface area contributed by atoms with Crippen molar-refractivity contribution < 1.29 is 53.4 Å². The molecule has 3 N–H and O–H groups in total. The second-order valence-electron chi connectivity index (χ2n) is 10.4. The van der Waals surface area contributed by atoms with Gasteiger partial charge < -0.3 is 34.3 Å². The van der Waals surface area contributed by atoms with Crippen molar-refractivity contribution >= 4 is 23.7 Å². The van der Waals surface area contributed by atoms with Gasteiger partial charge in [-0.25, -0.2) is 9.59 Å². The first kappa shape index (κ1) is 23.4. The summed E-state index contributed by atoms with van der Waals surface area (Å²) in [7, 11) is 1.08. The van der Waals surface area contributed by atoms with Gasteiger partial charge in [0.25, 0.3) is 0 Å². The van der Waals surface area contributed by atoms with E-state index in [2.05, 4.69) is 0 Å². The van der Waals surface area contributed by atoms with E-state index in [-0.39, 0.29) is 13.0 Å². The van der Waals surface area contributed by atoms with Gasteiger partial charge in [-0.3, -0.25) is 9.59 Å². The number of methoxy groups -OCH3 is 1. The van der Waals surface area contributed by atoms with E-state index in [0.717, 1.165) is 14.0 Å². The normalized spacial score (nSPS) is 51.0. The average Bonchev–Trinajstić information content (AvgIpc) is 3.08. The lowest BCUT2D eigenvalue weighted by molar-refractivity contribution is -0.298. The minimum absolute atomic E-state index is 0.179. The van der Waals surface area contributed by atoms with Crippen LogP contribution in [-0.2, 0) is 38.1 Å². The van der Waals surface area contributed by atoms with Gasteiger partial charge in [-0.1, -0.05) is 12.5 Å². The standard InChI is InChI=1S/C23H28O11/c1-8-5-11(25)17(27)21(3)10(8)6-12-22-7-32-23(20(30)31-4,18(28)13(26)15(21)22)16(22)14(19(29)34-12)33-9(2)24/h5,10,12-18,26-28H,6-7H2,1-4H3/t10-,12+,13+,14?,15+,16+,17+,18-,21-,22+,23-/m0/s1. The first-order valence-corrected chi connectivity index (χ1v) is 11.2. The molecule has 0 aromatic heterocycles. The van der Waals surface area contributed by atoms with E-state index in [1.54, 1.807) is 13.8 Å². The SMILES string of the molecule is COC(=O)[C@@]12OC[C@]34[C@H]([C@@H](O)[C@@H]1O)[C@@]1(C)[C@H](O)C(=O)C=C(C)[C@@H]1C[C@H]3OC(=O)C(OC(C)=O)[C@@H]24. The van der Waals surface area contributed by atoms with Gasteiger partial charge in [0.2, 0.25) is 11.7 Å². The maximum absolute atomic E-state index is 13.1. The second-order valence-corrected chi connectivity index (χ2v) is 10.4. The van der Waals surface area contributed by atoms with E-state index in [9.17, 15) is 34.5 Å². The van der Waals surface area contributed by atoms with Gasteiger partial charge >= 0.3 is 17.9 Å². The fraction of sp³-hybridized carbons (Fsp3) is 0.739. The summed E-state index contributed by atoms with van der Waals surface area (Å²) in [6, 6.07) is 0. The Morgan fingerprint density at radius 1 is 1.18 bits per heavy atom. The summed E-state index contributed by atoms with van der Waals surface area (Å²) in [6.45, 7) is 4.21. The monoisotopic (exact) mass is 480 g/mol. The van der Waals surface area contributed by atoms with Crippen molar-refractivity contribution in [3.63, 3.8) is 0 Å². The molecule has 186 valence electrons. The third kappa shape index (κ3) is 2.40. The predicted molar refractivity (Wildman–Crippen MR) is 109 cm³/mol. The van der Waals surface area contributed by atoms with Crippen molar-refractivity contribution in [1.82, 2.24) is 0 Å².